The van der Waals surface area contributed by atoms with E-state index < -0.39 is 11.9 Å². The van der Waals surface area contributed by atoms with E-state index in [1.807, 2.05) is 25.1 Å². The molecule has 0 bridgehead atoms. The predicted octanol–water partition coefficient (Wildman–Crippen LogP) is 4.31. The molecule has 2 nitrogen and oxygen atoms in total. The third-order valence-corrected chi connectivity index (χ3v) is 4.09. The van der Waals surface area contributed by atoms with Gasteiger partial charge in [0.1, 0.15) is 5.82 Å². The summed E-state index contributed by atoms with van der Waals surface area (Å²) < 4.78 is 13.8. The van der Waals surface area contributed by atoms with Gasteiger partial charge in [-0.15, -0.1) is 0 Å². The summed E-state index contributed by atoms with van der Waals surface area (Å²) in [5.74, 6) is -1.98. The molecule has 0 aliphatic heterocycles. The smallest absolute Gasteiger partial charge is 0.311 e. The number of hydrogen-bond donors (Lipinski definition) is 1. The Morgan fingerprint density at radius 3 is 2.65 bits per heavy atom. The molecular weight excluding hydrogens is 323 g/mol. The largest absolute Gasteiger partial charge is 0.481 e. The van der Waals surface area contributed by atoms with Crippen molar-refractivity contribution in [2.45, 2.75) is 19.3 Å². The topological polar surface area (TPSA) is 37.3 Å². The number of carboxylic acids is 1. The molecule has 2 aromatic rings. The van der Waals surface area contributed by atoms with Crippen LogP contribution in [-0.2, 0) is 11.2 Å². The number of aliphatic carboxylic acids is 1. The Bertz CT molecular complexity index is 640. The summed E-state index contributed by atoms with van der Waals surface area (Å²) in [6.07, 6.45) is 0.247. The zero-order valence-corrected chi connectivity index (χ0v) is 12.5. The van der Waals surface area contributed by atoms with E-state index >= 15 is 0 Å². The number of benzene rings is 2. The van der Waals surface area contributed by atoms with E-state index in [-0.39, 0.29) is 12.2 Å². The highest BCUT2D eigenvalue weighted by Crippen LogP contribution is 2.28. The van der Waals surface area contributed by atoms with Gasteiger partial charge in [-0.3, -0.25) is 4.79 Å². The van der Waals surface area contributed by atoms with Gasteiger partial charge in [0, 0.05) is 0 Å². The lowest BCUT2D eigenvalue weighted by atomic mass is 9.91. The van der Waals surface area contributed by atoms with Crippen LogP contribution < -0.4 is 0 Å². The first-order valence-electron chi connectivity index (χ1n) is 6.21. The van der Waals surface area contributed by atoms with Gasteiger partial charge in [0.05, 0.1) is 10.4 Å². The predicted molar refractivity (Wildman–Crippen MR) is 79.4 cm³/mol. The molecule has 1 N–H and O–H groups in total. The highest BCUT2D eigenvalue weighted by molar-refractivity contribution is 9.10. The van der Waals surface area contributed by atoms with Crippen LogP contribution in [0.25, 0.3) is 0 Å². The summed E-state index contributed by atoms with van der Waals surface area (Å²) in [6.45, 7) is 1.92. The molecule has 2 rings (SSSR count). The summed E-state index contributed by atoms with van der Waals surface area (Å²) in [5, 5.41) is 9.43. The van der Waals surface area contributed by atoms with E-state index in [1.165, 1.54) is 6.07 Å². The molecule has 0 aromatic heterocycles. The summed E-state index contributed by atoms with van der Waals surface area (Å²) in [4.78, 5) is 11.5. The van der Waals surface area contributed by atoms with Gasteiger partial charge >= 0.3 is 5.97 Å². The Balaban J connectivity index is 2.36. The molecule has 0 aliphatic carbocycles. The zero-order chi connectivity index (χ0) is 14.7. The van der Waals surface area contributed by atoms with Crippen LogP contribution in [0.4, 0.5) is 4.39 Å². The first-order chi connectivity index (χ1) is 9.49. The van der Waals surface area contributed by atoms with Crippen molar-refractivity contribution < 1.29 is 14.3 Å². The third-order valence-electron chi connectivity index (χ3n) is 3.20. The molecule has 0 amide bonds. The number of carbonyl (C=O) groups is 1. The number of aryl methyl sites for hydroxylation is 1. The minimum atomic E-state index is -0.910. The third kappa shape index (κ3) is 3.25. The number of halogens is 2. The van der Waals surface area contributed by atoms with Crippen molar-refractivity contribution in [1.82, 2.24) is 0 Å². The van der Waals surface area contributed by atoms with Crippen LogP contribution in [0.1, 0.15) is 22.6 Å². The second-order valence-corrected chi connectivity index (χ2v) is 5.52. The fraction of sp³-hybridized carbons (Fsp3) is 0.188. The maximum Gasteiger partial charge on any atom is 0.311 e. The van der Waals surface area contributed by atoms with Crippen molar-refractivity contribution in [3.8, 4) is 0 Å². The second kappa shape index (κ2) is 6.18. The average Bonchev–Trinajstić information content (AvgIpc) is 2.40. The Labute approximate surface area is 125 Å². The van der Waals surface area contributed by atoms with Crippen LogP contribution in [0.3, 0.4) is 0 Å². The summed E-state index contributed by atoms with van der Waals surface area (Å²) in [5.41, 5.74) is 2.39. The van der Waals surface area contributed by atoms with Crippen molar-refractivity contribution in [3.63, 3.8) is 0 Å². The highest BCUT2D eigenvalue weighted by Gasteiger charge is 2.22. The fourth-order valence-electron chi connectivity index (χ4n) is 2.16. The summed E-state index contributed by atoms with van der Waals surface area (Å²) in [6, 6.07) is 12.1. The maximum atomic E-state index is 13.5. The molecule has 0 spiro atoms. The van der Waals surface area contributed by atoms with Gasteiger partial charge in [-0.25, -0.2) is 4.39 Å². The minimum Gasteiger partial charge on any atom is -0.481 e. The molecule has 104 valence electrons. The lowest BCUT2D eigenvalue weighted by molar-refractivity contribution is -0.138. The molecule has 0 heterocycles. The first kappa shape index (κ1) is 14.7. The molecular formula is C16H14BrFO2. The molecule has 0 radical (unpaired) electrons. The van der Waals surface area contributed by atoms with E-state index in [2.05, 4.69) is 15.9 Å². The highest BCUT2D eigenvalue weighted by atomic mass is 79.9. The Morgan fingerprint density at radius 2 is 2.00 bits per heavy atom. The zero-order valence-electron chi connectivity index (χ0n) is 10.9. The molecule has 0 saturated carbocycles. The molecule has 0 aliphatic rings. The summed E-state index contributed by atoms with van der Waals surface area (Å²) >= 11 is 3.18. The van der Waals surface area contributed by atoms with Gasteiger partial charge < -0.3 is 5.11 Å². The van der Waals surface area contributed by atoms with Crippen molar-refractivity contribution >= 4 is 21.9 Å². The van der Waals surface area contributed by atoms with E-state index in [0.717, 1.165) is 11.1 Å². The number of carboxylic acid groups (broad SMARTS) is 1. The lowest BCUT2D eigenvalue weighted by Crippen LogP contribution is -2.15. The van der Waals surface area contributed by atoms with Gasteiger partial charge in [0.2, 0.25) is 0 Å². The van der Waals surface area contributed by atoms with Crippen molar-refractivity contribution in [3.05, 3.63) is 69.4 Å². The molecule has 2 aromatic carbocycles. The summed E-state index contributed by atoms with van der Waals surface area (Å²) in [7, 11) is 0. The molecule has 4 heteroatoms. The fourth-order valence-corrected chi connectivity index (χ4v) is 2.59. The maximum absolute atomic E-state index is 13.5. The van der Waals surface area contributed by atoms with Crippen molar-refractivity contribution in [2.75, 3.05) is 0 Å². The van der Waals surface area contributed by atoms with Crippen LogP contribution in [0.15, 0.2) is 46.9 Å². The Morgan fingerprint density at radius 1 is 1.30 bits per heavy atom. The average molecular weight is 337 g/mol. The quantitative estimate of drug-likeness (QED) is 0.903. The Kier molecular flexibility index (Phi) is 4.55. The van der Waals surface area contributed by atoms with Crippen molar-refractivity contribution in [2.24, 2.45) is 0 Å². The van der Waals surface area contributed by atoms with E-state index in [1.54, 1.807) is 18.2 Å². The first-order valence-corrected chi connectivity index (χ1v) is 7.00. The Hall–Kier alpha value is -1.68. The van der Waals surface area contributed by atoms with Crippen molar-refractivity contribution in [1.29, 1.82) is 0 Å². The molecule has 1 unspecified atom stereocenters. The number of rotatable bonds is 4. The van der Waals surface area contributed by atoms with Crippen LogP contribution in [0.2, 0.25) is 0 Å². The van der Waals surface area contributed by atoms with Crippen LogP contribution in [0.5, 0.6) is 0 Å². The second-order valence-electron chi connectivity index (χ2n) is 4.72. The molecule has 0 fully saturated rings. The van der Waals surface area contributed by atoms with Crippen LogP contribution >= 0.6 is 15.9 Å². The molecule has 20 heavy (non-hydrogen) atoms. The van der Waals surface area contributed by atoms with Gasteiger partial charge in [0.15, 0.2) is 0 Å². The monoisotopic (exact) mass is 336 g/mol. The van der Waals surface area contributed by atoms with E-state index in [4.69, 9.17) is 0 Å². The van der Waals surface area contributed by atoms with E-state index in [9.17, 15) is 14.3 Å². The van der Waals surface area contributed by atoms with Gasteiger partial charge in [-0.2, -0.15) is 0 Å². The van der Waals surface area contributed by atoms with Crippen LogP contribution in [-0.4, -0.2) is 11.1 Å². The van der Waals surface area contributed by atoms with Gasteiger partial charge in [0.25, 0.3) is 0 Å². The number of hydrogen-bond acceptors (Lipinski definition) is 1. The van der Waals surface area contributed by atoms with Crippen LogP contribution in [0, 0.1) is 12.7 Å². The van der Waals surface area contributed by atoms with E-state index in [0.29, 0.717) is 10.0 Å². The molecule has 0 saturated heterocycles. The van der Waals surface area contributed by atoms with Gasteiger partial charge in [-0.1, -0.05) is 42.0 Å². The standard InChI is InChI=1S/C16H14BrFO2/c1-10-4-2-5-11(8-10)13(16(19)20)9-12-6-3-7-14(18)15(12)17/h2-8,13H,9H2,1H3,(H,19,20). The van der Waals surface area contributed by atoms with Gasteiger partial charge in [-0.05, 0) is 46.5 Å². The molecule has 1 atom stereocenters. The normalized spacial score (nSPS) is 12.2. The minimum absolute atomic E-state index is 0.247. The lowest BCUT2D eigenvalue weighted by Gasteiger charge is -2.14. The SMILES string of the molecule is Cc1cccc(C(Cc2cccc(F)c2Br)C(=O)O)c1.